The minimum atomic E-state index is -4.46. The van der Waals surface area contributed by atoms with Crippen LogP contribution in [0.5, 0.6) is 0 Å². The molecule has 1 heterocycles. The Balaban J connectivity index is 2.31. The second-order valence-electron chi connectivity index (χ2n) is 7.40. The number of Topliss-reactive ketones (excluding diaryl/α,β-unsaturated/α-hetero) is 2. The molecule has 2 aromatic carbocycles. The fourth-order valence-electron chi connectivity index (χ4n) is 3.92. The highest BCUT2D eigenvalue weighted by atomic mass is 31.2. The van der Waals surface area contributed by atoms with Gasteiger partial charge in [0.2, 0.25) is 5.60 Å². The number of hydrogen-bond donors (Lipinski definition) is 0. The molecule has 2 unspecified atom stereocenters. The summed E-state index contributed by atoms with van der Waals surface area (Å²) in [5.74, 6) is -1.31. The first-order valence-corrected chi connectivity index (χ1v) is 12.3. The number of benzene rings is 2. The summed E-state index contributed by atoms with van der Waals surface area (Å²) >= 11 is 0. The van der Waals surface area contributed by atoms with Crippen LogP contribution in [0.25, 0.3) is 0 Å². The van der Waals surface area contributed by atoms with Crippen LogP contribution in [0.3, 0.4) is 0 Å². The summed E-state index contributed by atoms with van der Waals surface area (Å²) in [5, 5.41) is 1.40. The zero-order chi connectivity index (χ0) is 24.1. The normalized spacial score (nSPS) is 20.1. The highest BCUT2D eigenvalue weighted by molar-refractivity contribution is 7.54. The molecule has 9 nitrogen and oxygen atoms in total. The third-order valence-electron chi connectivity index (χ3n) is 5.30. The molecule has 10 heteroatoms. The van der Waals surface area contributed by atoms with E-state index in [0.717, 1.165) is 0 Å². The first-order valence-electron chi connectivity index (χ1n) is 10.6. The summed E-state index contributed by atoms with van der Waals surface area (Å²) in [7, 11) is -4.46. The number of hydroxylamine groups is 1. The van der Waals surface area contributed by atoms with Gasteiger partial charge in [0, 0.05) is 0 Å². The summed E-state index contributed by atoms with van der Waals surface area (Å²) in [6, 6.07) is 16.9. The number of para-hydroxylation sites is 1. The minimum Gasteiger partial charge on any atom is -0.296 e. The van der Waals surface area contributed by atoms with Crippen molar-refractivity contribution in [3.05, 3.63) is 66.2 Å². The molecule has 0 aliphatic carbocycles. The Hall–Kier alpha value is -2.39. The fourth-order valence-corrected chi connectivity index (χ4v) is 6.13. The fraction of sp³-hybridized carbons (Fsp3) is 0.391. The number of anilines is 1. The van der Waals surface area contributed by atoms with E-state index in [9.17, 15) is 14.2 Å². The molecule has 0 bridgehead atoms. The van der Waals surface area contributed by atoms with Crippen molar-refractivity contribution in [3.8, 4) is 0 Å². The lowest BCUT2D eigenvalue weighted by Crippen LogP contribution is -2.53. The summed E-state index contributed by atoms with van der Waals surface area (Å²) in [4.78, 5) is 42.3. The molecule has 178 valence electrons. The molecule has 33 heavy (non-hydrogen) atoms. The van der Waals surface area contributed by atoms with Crippen LogP contribution in [0, 0.1) is 0 Å². The van der Waals surface area contributed by atoms with E-state index < -0.39 is 36.5 Å². The second-order valence-corrected chi connectivity index (χ2v) is 9.34. The average molecular weight is 477 g/mol. The van der Waals surface area contributed by atoms with Crippen LogP contribution >= 0.6 is 7.60 Å². The van der Waals surface area contributed by atoms with Crippen molar-refractivity contribution in [2.45, 2.75) is 45.0 Å². The van der Waals surface area contributed by atoms with E-state index in [-0.39, 0.29) is 13.2 Å². The number of hydrogen-bond acceptors (Lipinski definition) is 9. The Morgan fingerprint density at radius 3 is 1.85 bits per heavy atom. The monoisotopic (exact) mass is 477 g/mol. The van der Waals surface area contributed by atoms with Gasteiger partial charge in [0.05, 0.1) is 24.9 Å². The van der Waals surface area contributed by atoms with Gasteiger partial charge in [0.25, 0.3) is 0 Å². The van der Waals surface area contributed by atoms with Gasteiger partial charge in [0.15, 0.2) is 11.6 Å². The molecule has 0 N–H and O–H groups in total. The molecule has 0 aromatic heterocycles. The quantitative estimate of drug-likeness (QED) is 0.199. The van der Waals surface area contributed by atoms with Crippen molar-refractivity contribution < 1.29 is 38.1 Å². The smallest absolute Gasteiger partial charge is 0.296 e. The van der Waals surface area contributed by atoms with Crippen LogP contribution in [-0.2, 0) is 38.1 Å². The molecule has 1 aliphatic rings. The summed E-state index contributed by atoms with van der Waals surface area (Å²) in [6.45, 7) is 5.75. The number of ketones is 2. The topological polar surface area (TPSA) is 101 Å². The maximum Gasteiger partial charge on any atom is 0.393 e. The van der Waals surface area contributed by atoms with Gasteiger partial charge >= 0.3 is 7.60 Å². The lowest BCUT2D eigenvalue weighted by Gasteiger charge is -2.32. The van der Waals surface area contributed by atoms with Crippen molar-refractivity contribution in [1.29, 1.82) is 0 Å². The highest BCUT2D eigenvalue weighted by Gasteiger charge is 2.70. The Morgan fingerprint density at radius 1 is 0.909 bits per heavy atom. The van der Waals surface area contributed by atoms with Gasteiger partial charge in [-0.15, -0.1) is 9.35 Å². The van der Waals surface area contributed by atoms with E-state index in [1.54, 1.807) is 62.4 Å². The van der Waals surface area contributed by atoms with Crippen molar-refractivity contribution >= 4 is 24.8 Å². The molecule has 0 radical (unpaired) electrons. The van der Waals surface area contributed by atoms with Crippen LogP contribution in [-0.4, -0.2) is 36.0 Å². The predicted molar refractivity (Wildman–Crippen MR) is 120 cm³/mol. The molecular weight excluding hydrogens is 449 g/mol. The maximum absolute atomic E-state index is 14.2. The second kappa shape index (κ2) is 10.7. The largest absolute Gasteiger partial charge is 0.393 e. The highest BCUT2D eigenvalue weighted by Crippen LogP contribution is 2.66. The van der Waals surface area contributed by atoms with Crippen LogP contribution in [0.4, 0.5) is 5.69 Å². The molecule has 0 spiro atoms. The Bertz CT molecular complexity index is 974. The van der Waals surface area contributed by atoms with Gasteiger partial charge in [-0.05, 0) is 45.4 Å². The molecule has 2 atom stereocenters. The van der Waals surface area contributed by atoms with E-state index in [2.05, 4.69) is 0 Å². The van der Waals surface area contributed by atoms with E-state index >= 15 is 0 Å². The Labute approximate surface area is 192 Å². The number of rotatable bonds is 11. The number of nitrogens with zero attached hydrogens (tertiary/aromatic N) is 1. The van der Waals surface area contributed by atoms with Gasteiger partial charge in [-0.1, -0.05) is 48.5 Å². The van der Waals surface area contributed by atoms with Crippen molar-refractivity contribution in [3.63, 3.8) is 0 Å². The molecule has 0 amide bonds. The van der Waals surface area contributed by atoms with Crippen LogP contribution in [0.2, 0.25) is 0 Å². The number of carbonyl (C=O) groups excluding carboxylic acids is 2. The van der Waals surface area contributed by atoms with E-state index in [4.69, 9.17) is 24.0 Å². The molecule has 1 fully saturated rings. The lowest BCUT2D eigenvalue weighted by molar-refractivity contribution is -0.265. The van der Waals surface area contributed by atoms with E-state index in [1.807, 2.05) is 12.1 Å². The molecule has 1 saturated heterocycles. The van der Waals surface area contributed by atoms with Gasteiger partial charge in [-0.25, -0.2) is 19.7 Å². The Morgan fingerprint density at radius 2 is 1.39 bits per heavy atom. The first-order chi connectivity index (χ1) is 15.8. The summed E-state index contributed by atoms with van der Waals surface area (Å²) in [5.41, 5.74) is -2.46. The predicted octanol–water partition coefficient (Wildman–Crippen LogP) is 4.59. The zero-order valence-corrected chi connectivity index (χ0v) is 19.9. The van der Waals surface area contributed by atoms with Crippen LogP contribution < -0.4 is 5.06 Å². The third-order valence-corrected chi connectivity index (χ3v) is 7.25. The van der Waals surface area contributed by atoms with Gasteiger partial charge < -0.3 is 0 Å². The van der Waals surface area contributed by atoms with Crippen molar-refractivity contribution in [2.24, 2.45) is 0 Å². The van der Waals surface area contributed by atoms with Crippen LogP contribution in [0.15, 0.2) is 60.7 Å². The average Bonchev–Trinajstić information content (AvgIpc) is 3.21. The molecule has 2 aromatic rings. The van der Waals surface area contributed by atoms with Gasteiger partial charge in [-0.3, -0.25) is 14.2 Å². The lowest BCUT2D eigenvalue weighted by atomic mass is 9.85. The minimum absolute atomic E-state index is 0.0403. The van der Waals surface area contributed by atoms with E-state index in [0.29, 0.717) is 11.3 Å². The van der Waals surface area contributed by atoms with E-state index in [1.165, 1.54) is 18.9 Å². The standard InChI is InChI=1S/C23H28NO8P/c1-5-28-31-33(27,32-29-6-2)22-21(19-13-9-7-10-14-19)24(20-15-11-8-12-16-20)30-23(22,17(3)25)18(4)26/h7-16,21-22H,5-6H2,1-4H3. The van der Waals surface area contributed by atoms with Crippen molar-refractivity contribution in [2.75, 3.05) is 18.3 Å². The first kappa shape index (κ1) is 25.2. The molecule has 0 saturated carbocycles. The van der Waals surface area contributed by atoms with Crippen LogP contribution in [0.1, 0.15) is 39.3 Å². The Kier molecular flexibility index (Phi) is 8.18. The maximum atomic E-state index is 14.2. The summed E-state index contributed by atoms with van der Waals surface area (Å²) < 4.78 is 24.7. The molecular formula is C23H28NO8P. The molecule has 1 aliphatic heterocycles. The molecule has 3 rings (SSSR count). The zero-order valence-electron chi connectivity index (χ0n) is 19.0. The van der Waals surface area contributed by atoms with Gasteiger partial charge in [-0.2, -0.15) is 0 Å². The summed E-state index contributed by atoms with van der Waals surface area (Å²) in [6.07, 6.45) is 0. The van der Waals surface area contributed by atoms with Gasteiger partial charge in [0.1, 0.15) is 5.66 Å². The third kappa shape index (κ3) is 4.80. The number of carbonyl (C=O) groups is 2. The SMILES string of the molecule is CCOOP(=O)(OOCC)C1C(c2ccccc2)N(c2ccccc2)OC1(C(C)=O)C(C)=O. The van der Waals surface area contributed by atoms with Crippen molar-refractivity contribution in [1.82, 2.24) is 0 Å².